The van der Waals surface area contributed by atoms with Crippen LogP contribution >= 0.6 is 0 Å². The third-order valence-corrected chi connectivity index (χ3v) is 7.24. The zero-order valence-electron chi connectivity index (χ0n) is 22.0. The quantitative estimate of drug-likeness (QED) is 0.207. The molecule has 1 aliphatic rings. The Hall–Kier alpha value is -4.54. The molecule has 0 saturated carbocycles. The fourth-order valence-electron chi connectivity index (χ4n) is 5.13. The monoisotopic (exact) mass is 585 g/mol. The molecule has 1 fully saturated rings. The summed E-state index contributed by atoms with van der Waals surface area (Å²) in [6.45, 7) is 0.0157. The number of H-pyrrole nitrogens is 1. The maximum atomic E-state index is 13.6. The van der Waals surface area contributed by atoms with Crippen molar-refractivity contribution < 1.29 is 35.9 Å². The predicted octanol–water partition coefficient (Wildman–Crippen LogP) is 6.81. The van der Waals surface area contributed by atoms with Crippen molar-refractivity contribution in [3.8, 4) is 0 Å². The van der Waals surface area contributed by atoms with Gasteiger partial charge in [-0.05, 0) is 47.9 Å². The Morgan fingerprint density at radius 1 is 0.857 bits per heavy atom. The van der Waals surface area contributed by atoms with Gasteiger partial charge in [-0.15, -0.1) is 0 Å². The van der Waals surface area contributed by atoms with Gasteiger partial charge in [-0.1, -0.05) is 48.5 Å². The van der Waals surface area contributed by atoms with Crippen LogP contribution in [-0.4, -0.2) is 52.3 Å². The Balaban J connectivity index is 1.47. The number of nitrogens with one attached hydrogen (secondary N) is 1. The van der Waals surface area contributed by atoms with E-state index in [4.69, 9.17) is 0 Å². The van der Waals surface area contributed by atoms with Gasteiger partial charge in [0, 0.05) is 48.4 Å². The third kappa shape index (κ3) is 6.35. The predicted molar refractivity (Wildman–Crippen MR) is 145 cm³/mol. The fourth-order valence-corrected chi connectivity index (χ4v) is 5.13. The summed E-state index contributed by atoms with van der Waals surface area (Å²) in [5.41, 5.74) is -1.41. The smallest absolute Gasteiger partial charge is 0.361 e. The Labute approximate surface area is 237 Å². The average molecular weight is 586 g/mol. The highest BCUT2D eigenvalue weighted by Crippen LogP contribution is 2.37. The third-order valence-electron chi connectivity index (χ3n) is 7.24. The van der Waals surface area contributed by atoms with Crippen LogP contribution in [0.3, 0.4) is 0 Å². The van der Waals surface area contributed by atoms with Crippen LogP contribution in [0, 0.1) is 0 Å². The number of rotatable bonds is 5. The first-order chi connectivity index (χ1) is 19.9. The number of hydrogen-bond acceptors (Lipinski definition) is 2. The number of carbonyl (C=O) groups is 2. The van der Waals surface area contributed by atoms with Gasteiger partial charge in [0.25, 0.3) is 5.91 Å². The number of amides is 2. The van der Waals surface area contributed by atoms with E-state index in [2.05, 4.69) is 4.98 Å². The number of fused-ring (bicyclic) bond motifs is 1. The molecule has 0 aliphatic carbocycles. The van der Waals surface area contributed by atoms with Gasteiger partial charge in [-0.2, -0.15) is 26.3 Å². The SMILES string of the molecule is O=C(/C=C/c1ccccc1)N1CCN(C(=O)c2cc(C(F)(F)F)cc(C(F)(F)F)c2)[C@H](Cc2c[nH]c3ccccc23)C1. The molecule has 5 rings (SSSR count). The van der Waals surface area contributed by atoms with Crippen molar-refractivity contribution in [1.29, 1.82) is 0 Å². The van der Waals surface area contributed by atoms with Gasteiger partial charge in [-0.25, -0.2) is 0 Å². The van der Waals surface area contributed by atoms with Crippen LogP contribution in [0.2, 0.25) is 0 Å². The molecular formula is C31H25F6N3O2. The summed E-state index contributed by atoms with van der Waals surface area (Å²) in [4.78, 5) is 32.6. The minimum Gasteiger partial charge on any atom is -0.361 e. The molecule has 1 aromatic heterocycles. The molecule has 2 amide bonds. The Kier molecular flexibility index (Phi) is 7.85. The molecule has 1 saturated heterocycles. The summed E-state index contributed by atoms with van der Waals surface area (Å²) in [5.74, 6) is -1.29. The van der Waals surface area contributed by atoms with E-state index < -0.39 is 41.0 Å². The van der Waals surface area contributed by atoms with E-state index in [0.29, 0.717) is 12.1 Å². The number of para-hydroxylation sites is 1. The minimum absolute atomic E-state index is 0.00409. The van der Waals surface area contributed by atoms with Gasteiger partial charge in [0.2, 0.25) is 5.91 Å². The fraction of sp³-hybridized carbons (Fsp3) is 0.226. The number of alkyl halides is 6. The lowest BCUT2D eigenvalue weighted by atomic mass is 9.98. The Bertz CT molecular complexity index is 1590. The van der Waals surface area contributed by atoms with Gasteiger partial charge < -0.3 is 14.8 Å². The second kappa shape index (κ2) is 11.4. The van der Waals surface area contributed by atoms with Gasteiger partial charge in [0.1, 0.15) is 0 Å². The standard InChI is InChI=1S/C31H25F6N3O2/c32-30(33,34)23-14-21(15-24(17-23)31(35,36)37)29(42)40-13-12-39(28(41)11-10-20-6-2-1-3-7-20)19-25(40)16-22-18-38-27-9-5-4-8-26(22)27/h1-11,14-15,17-18,25,38H,12-13,16,19H2/b11-10+/t25-/m1/s1. The van der Waals surface area contributed by atoms with Crippen molar-refractivity contribution in [2.75, 3.05) is 19.6 Å². The number of aromatic amines is 1. The number of piperazine rings is 1. The normalized spacial score (nSPS) is 16.4. The minimum atomic E-state index is -5.09. The Morgan fingerprint density at radius 2 is 1.50 bits per heavy atom. The zero-order chi connectivity index (χ0) is 30.1. The summed E-state index contributed by atoms with van der Waals surface area (Å²) < 4.78 is 81.0. The number of hydrogen-bond donors (Lipinski definition) is 1. The van der Waals surface area contributed by atoms with Gasteiger partial charge in [0.15, 0.2) is 0 Å². The number of benzene rings is 3. The molecule has 3 aromatic carbocycles. The van der Waals surface area contributed by atoms with E-state index in [1.807, 2.05) is 54.6 Å². The van der Waals surface area contributed by atoms with Crippen LogP contribution in [-0.2, 0) is 23.6 Å². The maximum absolute atomic E-state index is 13.6. The van der Waals surface area contributed by atoms with Crippen molar-refractivity contribution in [1.82, 2.24) is 14.8 Å². The molecule has 5 nitrogen and oxygen atoms in total. The number of carbonyl (C=O) groups excluding carboxylic acids is 2. The van der Waals surface area contributed by atoms with E-state index in [9.17, 15) is 35.9 Å². The molecular weight excluding hydrogens is 560 g/mol. The van der Waals surface area contributed by atoms with Gasteiger partial charge in [-0.3, -0.25) is 9.59 Å². The van der Waals surface area contributed by atoms with Gasteiger partial charge >= 0.3 is 12.4 Å². The molecule has 2 heterocycles. The van der Waals surface area contributed by atoms with Crippen LogP contribution in [0.4, 0.5) is 26.3 Å². The molecule has 1 N–H and O–H groups in total. The molecule has 4 aromatic rings. The zero-order valence-corrected chi connectivity index (χ0v) is 22.0. The summed E-state index contributed by atoms with van der Waals surface area (Å²) in [6, 6.07) is 16.7. The van der Waals surface area contributed by atoms with Crippen LogP contribution in [0.1, 0.15) is 32.6 Å². The summed E-state index contributed by atoms with van der Waals surface area (Å²) >= 11 is 0. The lowest BCUT2D eigenvalue weighted by molar-refractivity contribution is -0.143. The molecule has 1 aliphatic heterocycles. The van der Waals surface area contributed by atoms with E-state index in [1.165, 1.54) is 15.9 Å². The van der Waals surface area contributed by atoms with Crippen molar-refractivity contribution >= 4 is 28.8 Å². The number of halogens is 6. The maximum Gasteiger partial charge on any atom is 0.416 e. The molecule has 218 valence electrons. The van der Waals surface area contributed by atoms with Crippen LogP contribution in [0.5, 0.6) is 0 Å². The molecule has 0 spiro atoms. The molecule has 0 radical (unpaired) electrons. The highest BCUT2D eigenvalue weighted by atomic mass is 19.4. The molecule has 1 atom stereocenters. The molecule has 0 unspecified atom stereocenters. The lowest BCUT2D eigenvalue weighted by Crippen LogP contribution is -2.57. The van der Waals surface area contributed by atoms with E-state index in [0.717, 1.165) is 22.0 Å². The topological polar surface area (TPSA) is 56.4 Å². The average Bonchev–Trinajstić information content (AvgIpc) is 3.37. The van der Waals surface area contributed by atoms with Crippen molar-refractivity contribution in [3.63, 3.8) is 0 Å². The largest absolute Gasteiger partial charge is 0.416 e. The highest BCUT2D eigenvalue weighted by Gasteiger charge is 2.39. The first-order valence-electron chi connectivity index (χ1n) is 13.1. The molecule has 11 heteroatoms. The van der Waals surface area contributed by atoms with Crippen molar-refractivity contribution in [3.05, 3.63) is 113 Å². The number of nitrogens with zero attached hydrogens (tertiary/aromatic N) is 2. The van der Waals surface area contributed by atoms with E-state index >= 15 is 0 Å². The highest BCUT2D eigenvalue weighted by molar-refractivity contribution is 5.96. The second-order valence-corrected chi connectivity index (χ2v) is 10.0. The molecule has 42 heavy (non-hydrogen) atoms. The van der Waals surface area contributed by atoms with Crippen molar-refractivity contribution in [2.24, 2.45) is 0 Å². The van der Waals surface area contributed by atoms with Crippen LogP contribution < -0.4 is 0 Å². The Morgan fingerprint density at radius 3 is 2.17 bits per heavy atom. The summed E-state index contributed by atoms with van der Waals surface area (Å²) in [7, 11) is 0. The first kappa shape index (κ1) is 29.0. The van der Waals surface area contributed by atoms with E-state index in [-0.39, 0.29) is 38.0 Å². The summed E-state index contributed by atoms with van der Waals surface area (Å²) in [6.07, 6.45) is -5.16. The lowest BCUT2D eigenvalue weighted by Gasteiger charge is -2.41. The molecule has 0 bridgehead atoms. The number of aromatic nitrogens is 1. The van der Waals surface area contributed by atoms with Crippen LogP contribution in [0.25, 0.3) is 17.0 Å². The van der Waals surface area contributed by atoms with E-state index in [1.54, 1.807) is 12.3 Å². The first-order valence-corrected chi connectivity index (χ1v) is 13.1. The van der Waals surface area contributed by atoms with Crippen molar-refractivity contribution in [2.45, 2.75) is 24.8 Å². The van der Waals surface area contributed by atoms with Gasteiger partial charge in [0.05, 0.1) is 17.2 Å². The van der Waals surface area contributed by atoms with Crippen LogP contribution in [0.15, 0.2) is 85.1 Å². The summed E-state index contributed by atoms with van der Waals surface area (Å²) in [5, 5.41) is 0.857. The second-order valence-electron chi connectivity index (χ2n) is 10.0.